The highest BCUT2D eigenvalue weighted by Crippen LogP contribution is 2.16. The molecular formula is C11H25NOSi. The van der Waals surface area contributed by atoms with E-state index in [1.807, 2.05) is 13.8 Å². The number of hydrogen-bond donors (Lipinski definition) is 1. The van der Waals surface area contributed by atoms with Crippen LogP contribution in [0.4, 0.5) is 0 Å². The Morgan fingerprint density at radius 2 is 1.64 bits per heavy atom. The van der Waals surface area contributed by atoms with E-state index < -0.39 is 8.80 Å². The maximum Gasteiger partial charge on any atom is 0.0936 e. The Hall–Kier alpha value is -0.283. The molecule has 0 aliphatic rings. The Bertz CT molecular complexity index is 195. The zero-order valence-corrected chi connectivity index (χ0v) is 11.8. The first-order valence-corrected chi connectivity index (χ1v) is 7.85. The summed E-state index contributed by atoms with van der Waals surface area (Å²) in [5.74, 6) is 0. The van der Waals surface area contributed by atoms with Crippen molar-refractivity contribution >= 4 is 8.80 Å². The van der Waals surface area contributed by atoms with Gasteiger partial charge in [0.05, 0.1) is 14.9 Å². The van der Waals surface area contributed by atoms with Crippen molar-refractivity contribution in [1.82, 2.24) is 5.48 Å². The third kappa shape index (κ3) is 4.82. The SMILES string of the molecule is CC(C)=C(NOC(C)C)[SiH](C)C(C)C. The topological polar surface area (TPSA) is 21.3 Å². The van der Waals surface area contributed by atoms with Crippen molar-refractivity contribution in [3.05, 3.63) is 10.9 Å². The first-order valence-electron chi connectivity index (χ1n) is 5.45. The van der Waals surface area contributed by atoms with Crippen LogP contribution in [0.2, 0.25) is 12.1 Å². The maximum absolute atomic E-state index is 5.46. The van der Waals surface area contributed by atoms with Gasteiger partial charge in [-0.2, -0.15) is 0 Å². The fourth-order valence-electron chi connectivity index (χ4n) is 1.17. The lowest BCUT2D eigenvalue weighted by Gasteiger charge is -2.22. The largest absolute Gasteiger partial charge is 0.276 e. The molecule has 0 saturated heterocycles. The molecule has 0 spiro atoms. The van der Waals surface area contributed by atoms with Crippen molar-refractivity contribution in [3.8, 4) is 0 Å². The first-order chi connectivity index (χ1) is 6.36. The van der Waals surface area contributed by atoms with Gasteiger partial charge < -0.3 is 0 Å². The molecule has 14 heavy (non-hydrogen) atoms. The third-order valence-corrected chi connectivity index (χ3v) is 6.00. The lowest BCUT2D eigenvalue weighted by molar-refractivity contribution is 0.0172. The molecule has 1 atom stereocenters. The van der Waals surface area contributed by atoms with E-state index in [1.54, 1.807) is 0 Å². The molecule has 0 aromatic rings. The van der Waals surface area contributed by atoms with Crippen LogP contribution in [-0.4, -0.2) is 14.9 Å². The van der Waals surface area contributed by atoms with Gasteiger partial charge in [-0.05, 0) is 33.2 Å². The van der Waals surface area contributed by atoms with Crippen molar-refractivity contribution in [2.24, 2.45) is 0 Å². The fourth-order valence-corrected chi connectivity index (χ4v) is 3.00. The average molecular weight is 215 g/mol. The molecule has 84 valence electrons. The summed E-state index contributed by atoms with van der Waals surface area (Å²) in [6.45, 7) is 15.3. The molecule has 0 radical (unpaired) electrons. The highest BCUT2D eigenvalue weighted by molar-refractivity contribution is 6.66. The van der Waals surface area contributed by atoms with Crippen molar-refractivity contribution in [2.45, 2.75) is 59.7 Å². The molecule has 0 heterocycles. The van der Waals surface area contributed by atoms with Gasteiger partial charge in [0, 0.05) is 5.32 Å². The van der Waals surface area contributed by atoms with E-state index in [-0.39, 0.29) is 6.10 Å². The Balaban J connectivity index is 4.40. The zero-order chi connectivity index (χ0) is 11.3. The van der Waals surface area contributed by atoms with Crippen LogP contribution in [0.3, 0.4) is 0 Å². The third-order valence-electron chi connectivity index (χ3n) is 2.40. The van der Waals surface area contributed by atoms with Crippen molar-refractivity contribution < 1.29 is 4.84 Å². The van der Waals surface area contributed by atoms with Crippen LogP contribution >= 0.6 is 0 Å². The second-order valence-corrected chi connectivity index (χ2v) is 8.20. The van der Waals surface area contributed by atoms with Gasteiger partial charge in [-0.3, -0.25) is 10.3 Å². The van der Waals surface area contributed by atoms with Crippen molar-refractivity contribution in [2.75, 3.05) is 0 Å². The lowest BCUT2D eigenvalue weighted by atomic mass is 10.4. The lowest BCUT2D eigenvalue weighted by Crippen LogP contribution is -2.31. The summed E-state index contributed by atoms with van der Waals surface area (Å²) >= 11 is 0. The molecule has 0 aromatic heterocycles. The number of nitrogens with one attached hydrogen (secondary N) is 1. The standard InChI is InChI=1S/C11H25NOSi/c1-8(2)11(12-13-9(3)4)14(7)10(5)6/h9-10,12,14H,1-7H3. The molecule has 0 rings (SSSR count). The maximum atomic E-state index is 5.46. The zero-order valence-electron chi connectivity index (χ0n) is 10.6. The highest BCUT2D eigenvalue weighted by atomic mass is 28.3. The van der Waals surface area contributed by atoms with Crippen LogP contribution < -0.4 is 5.48 Å². The molecule has 2 nitrogen and oxygen atoms in total. The van der Waals surface area contributed by atoms with Gasteiger partial charge in [0.15, 0.2) is 0 Å². The molecule has 0 saturated carbocycles. The minimum Gasteiger partial charge on any atom is -0.276 e. The summed E-state index contributed by atoms with van der Waals surface area (Å²) < 4.78 is 0. The quantitative estimate of drug-likeness (QED) is 0.562. The minimum atomic E-state index is -0.864. The molecule has 3 heteroatoms. The Kier molecular flexibility index (Phi) is 6.12. The van der Waals surface area contributed by atoms with Gasteiger partial charge in [-0.15, -0.1) is 0 Å². The van der Waals surface area contributed by atoms with Crippen molar-refractivity contribution in [3.63, 3.8) is 0 Å². The molecule has 0 aliphatic carbocycles. The molecule has 1 N–H and O–H groups in total. The van der Waals surface area contributed by atoms with Gasteiger partial charge in [0.25, 0.3) is 0 Å². The second kappa shape index (κ2) is 6.25. The molecule has 0 amide bonds. The average Bonchev–Trinajstić information content (AvgIpc) is 2.02. The van der Waals surface area contributed by atoms with Gasteiger partial charge in [-0.25, -0.2) is 0 Å². The predicted octanol–water partition coefficient (Wildman–Crippen LogP) is 3.02. The summed E-state index contributed by atoms with van der Waals surface area (Å²) in [7, 11) is -0.864. The van der Waals surface area contributed by atoms with Crippen LogP contribution in [0.1, 0.15) is 41.5 Å². The van der Waals surface area contributed by atoms with E-state index in [2.05, 4.69) is 39.7 Å². The predicted molar refractivity (Wildman–Crippen MR) is 65.8 cm³/mol. The van der Waals surface area contributed by atoms with Crippen LogP contribution in [0.15, 0.2) is 10.9 Å². The number of hydroxylamine groups is 1. The Labute approximate surface area is 90.3 Å². The summed E-state index contributed by atoms with van der Waals surface area (Å²) in [4.78, 5) is 5.46. The van der Waals surface area contributed by atoms with E-state index >= 15 is 0 Å². The van der Waals surface area contributed by atoms with Gasteiger partial charge in [0.2, 0.25) is 0 Å². The molecule has 0 aromatic carbocycles. The Morgan fingerprint density at radius 1 is 1.14 bits per heavy atom. The number of rotatable bonds is 5. The van der Waals surface area contributed by atoms with Gasteiger partial charge in [-0.1, -0.05) is 26.0 Å². The van der Waals surface area contributed by atoms with Crippen LogP contribution in [-0.2, 0) is 4.84 Å². The smallest absolute Gasteiger partial charge is 0.0936 e. The highest BCUT2D eigenvalue weighted by Gasteiger charge is 2.16. The Morgan fingerprint density at radius 3 is 1.93 bits per heavy atom. The second-order valence-electron chi connectivity index (χ2n) is 4.72. The van der Waals surface area contributed by atoms with E-state index in [9.17, 15) is 0 Å². The van der Waals surface area contributed by atoms with Gasteiger partial charge >= 0.3 is 0 Å². The van der Waals surface area contributed by atoms with E-state index in [0.717, 1.165) is 5.54 Å². The molecular weight excluding hydrogens is 190 g/mol. The van der Waals surface area contributed by atoms with Crippen molar-refractivity contribution in [1.29, 1.82) is 0 Å². The van der Waals surface area contributed by atoms with E-state index in [1.165, 1.54) is 10.9 Å². The van der Waals surface area contributed by atoms with E-state index in [0.29, 0.717) is 0 Å². The molecule has 1 unspecified atom stereocenters. The summed E-state index contributed by atoms with van der Waals surface area (Å²) in [5, 5.41) is 1.36. The van der Waals surface area contributed by atoms with Gasteiger partial charge in [0.1, 0.15) is 0 Å². The number of allylic oxidation sites excluding steroid dienone is 1. The van der Waals surface area contributed by atoms with Crippen LogP contribution in [0.5, 0.6) is 0 Å². The summed E-state index contributed by atoms with van der Waals surface area (Å²) in [6, 6.07) is 0. The van der Waals surface area contributed by atoms with Crippen LogP contribution in [0, 0.1) is 0 Å². The number of hydrogen-bond acceptors (Lipinski definition) is 2. The monoisotopic (exact) mass is 215 g/mol. The molecule has 0 aliphatic heterocycles. The summed E-state index contributed by atoms with van der Waals surface area (Å²) in [6.07, 6.45) is 0.234. The first kappa shape index (κ1) is 13.7. The normalized spacial score (nSPS) is 13.2. The van der Waals surface area contributed by atoms with E-state index in [4.69, 9.17) is 4.84 Å². The fraction of sp³-hybridized carbons (Fsp3) is 0.818. The van der Waals surface area contributed by atoms with Crippen LogP contribution in [0.25, 0.3) is 0 Å². The minimum absolute atomic E-state index is 0.234. The molecule has 0 fully saturated rings. The summed E-state index contributed by atoms with van der Waals surface area (Å²) in [5.41, 5.74) is 5.27. The molecule has 0 bridgehead atoms.